The Bertz CT molecular complexity index is 851. The number of aliphatic hydroxyl groups is 1. The van der Waals surface area contributed by atoms with E-state index in [0.29, 0.717) is 18.1 Å². The zero-order valence-electron chi connectivity index (χ0n) is 17.0. The smallest absolute Gasteiger partial charge is 0.387 e. The second-order valence-electron chi connectivity index (χ2n) is 7.59. The van der Waals surface area contributed by atoms with Gasteiger partial charge in [0.05, 0.1) is 13.2 Å². The SMILES string of the molecule is CC#CC(O)(CN1C(C)=CC=CC1C)c1ccc(OC(F)F)c(OCC2CC2)c1. The summed E-state index contributed by atoms with van der Waals surface area (Å²) >= 11 is 0. The van der Waals surface area contributed by atoms with Crippen molar-refractivity contribution >= 4 is 0 Å². The normalized spacial score (nSPS) is 20.6. The molecule has 2 aliphatic rings. The number of β-amino-alcohol motifs (C(OH)–C–C–N with tert-alkyl or cyclic N) is 1. The van der Waals surface area contributed by atoms with Crippen LogP contribution >= 0.6 is 0 Å². The molecule has 1 aliphatic carbocycles. The third kappa shape index (κ3) is 5.30. The minimum Gasteiger partial charge on any atom is -0.489 e. The molecule has 0 bridgehead atoms. The first kappa shape index (κ1) is 21.2. The topological polar surface area (TPSA) is 41.9 Å². The fourth-order valence-electron chi connectivity index (χ4n) is 3.37. The lowest BCUT2D eigenvalue weighted by atomic mass is 9.92. The lowest BCUT2D eigenvalue weighted by molar-refractivity contribution is -0.0516. The van der Waals surface area contributed by atoms with Crippen molar-refractivity contribution in [1.29, 1.82) is 0 Å². The summed E-state index contributed by atoms with van der Waals surface area (Å²) < 4.78 is 35.9. The highest BCUT2D eigenvalue weighted by Gasteiger charge is 2.33. The summed E-state index contributed by atoms with van der Waals surface area (Å²) in [5.41, 5.74) is -0.00217. The fraction of sp³-hybridized carbons (Fsp3) is 0.478. The molecule has 4 nitrogen and oxygen atoms in total. The highest BCUT2D eigenvalue weighted by atomic mass is 19.3. The van der Waals surface area contributed by atoms with E-state index in [1.54, 1.807) is 19.1 Å². The molecule has 1 aromatic carbocycles. The summed E-state index contributed by atoms with van der Waals surface area (Å²) in [4.78, 5) is 2.05. The predicted molar refractivity (Wildman–Crippen MR) is 108 cm³/mol. The van der Waals surface area contributed by atoms with Crippen LogP contribution in [0, 0.1) is 17.8 Å². The summed E-state index contributed by atoms with van der Waals surface area (Å²) in [6.07, 6.45) is 8.14. The number of ether oxygens (including phenoxy) is 2. The monoisotopic (exact) mass is 403 g/mol. The van der Waals surface area contributed by atoms with Crippen LogP contribution in [0.3, 0.4) is 0 Å². The molecular formula is C23H27F2NO3. The Balaban J connectivity index is 1.92. The largest absolute Gasteiger partial charge is 0.489 e. The van der Waals surface area contributed by atoms with Crippen LogP contribution in [0.2, 0.25) is 0 Å². The zero-order valence-corrected chi connectivity index (χ0v) is 17.0. The van der Waals surface area contributed by atoms with Crippen LogP contribution < -0.4 is 9.47 Å². The van der Waals surface area contributed by atoms with E-state index in [0.717, 1.165) is 18.5 Å². The summed E-state index contributed by atoms with van der Waals surface area (Å²) in [6.45, 7) is 3.40. The average Bonchev–Trinajstić information content (AvgIpc) is 3.48. The van der Waals surface area contributed by atoms with E-state index in [9.17, 15) is 13.9 Å². The Morgan fingerprint density at radius 1 is 1.31 bits per heavy atom. The number of hydrogen-bond donors (Lipinski definition) is 1. The summed E-state index contributed by atoms with van der Waals surface area (Å²) in [5.74, 6) is 6.30. The van der Waals surface area contributed by atoms with Crippen molar-refractivity contribution in [3.63, 3.8) is 0 Å². The molecule has 156 valence electrons. The van der Waals surface area contributed by atoms with Crippen LogP contribution in [0.25, 0.3) is 0 Å². The van der Waals surface area contributed by atoms with Crippen molar-refractivity contribution in [2.24, 2.45) is 5.92 Å². The first-order valence-electron chi connectivity index (χ1n) is 9.82. The van der Waals surface area contributed by atoms with Crippen molar-refractivity contribution in [3.8, 4) is 23.3 Å². The Kier molecular flexibility index (Phi) is 6.49. The molecule has 1 fully saturated rings. The molecular weight excluding hydrogens is 376 g/mol. The quantitative estimate of drug-likeness (QED) is 0.651. The number of benzene rings is 1. The van der Waals surface area contributed by atoms with E-state index in [1.807, 2.05) is 32.1 Å². The minimum absolute atomic E-state index is 0.0402. The van der Waals surface area contributed by atoms with Gasteiger partial charge in [0.1, 0.15) is 0 Å². The molecule has 0 amide bonds. The molecule has 1 N–H and O–H groups in total. The number of rotatable bonds is 8. The molecule has 29 heavy (non-hydrogen) atoms. The maximum atomic E-state index is 12.8. The maximum absolute atomic E-state index is 12.8. The van der Waals surface area contributed by atoms with Crippen LogP contribution in [-0.4, -0.2) is 35.8 Å². The van der Waals surface area contributed by atoms with E-state index in [1.165, 1.54) is 6.07 Å². The summed E-state index contributed by atoms with van der Waals surface area (Å²) in [7, 11) is 0. The molecule has 1 heterocycles. The molecule has 2 unspecified atom stereocenters. The van der Waals surface area contributed by atoms with Crippen LogP contribution in [-0.2, 0) is 5.60 Å². The lowest BCUT2D eigenvalue weighted by Gasteiger charge is -2.37. The Morgan fingerprint density at radius 3 is 2.69 bits per heavy atom. The number of nitrogens with zero attached hydrogens (tertiary/aromatic N) is 1. The van der Waals surface area contributed by atoms with E-state index in [4.69, 9.17) is 4.74 Å². The second-order valence-corrected chi connectivity index (χ2v) is 7.59. The van der Waals surface area contributed by atoms with Gasteiger partial charge in [0.25, 0.3) is 0 Å². The Labute approximate surface area is 170 Å². The van der Waals surface area contributed by atoms with Crippen molar-refractivity contribution in [2.45, 2.75) is 51.9 Å². The van der Waals surface area contributed by atoms with E-state index in [-0.39, 0.29) is 24.1 Å². The van der Waals surface area contributed by atoms with Gasteiger partial charge >= 0.3 is 6.61 Å². The second kappa shape index (κ2) is 8.87. The molecule has 3 rings (SSSR count). The van der Waals surface area contributed by atoms with Crippen LogP contribution in [0.1, 0.15) is 39.2 Å². The molecule has 1 saturated carbocycles. The first-order chi connectivity index (χ1) is 13.8. The number of hydrogen-bond acceptors (Lipinski definition) is 4. The number of allylic oxidation sites excluding steroid dienone is 3. The van der Waals surface area contributed by atoms with Gasteiger partial charge in [-0.2, -0.15) is 8.78 Å². The molecule has 0 radical (unpaired) electrons. The van der Waals surface area contributed by atoms with E-state index >= 15 is 0 Å². The third-order valence-corrected chi connectivity index (χ3v) is 5.21. The van der Waals surface area contributed by atoms with Gasteiger partial charge in [-0.25, -0.2) is 0 Å². The molecule has 0 aromatic heterocycles. The predicted octanol–water partition coefficient (Wildman–Crippen LogP) is 4.45. The fourth-order valence-corrected chi connectivity index (χ4v) is 3.37. The molecule has 2 atom stereocenters. The minimum atomic E-state index is -2.95. The lowest BCUT2D eigenvalue weighted by Crippen LogP contribution is -2.43. The van der Waals surface area contributed by atoms with Gasteiger partial charge in [0.15, 0.2) is 17.1 Å². The number of alkyl halides is 2. The van der Waals surface area contributed by atoms with Gasteiger partial charge < -0.3 is 19.5 Å². The van der Waals surface area contributed by atoms with Crippen molar-refractivity contribution in [2.75, 3.05) is 13.2 Å². The molecule has 1 aromatic rings. The molecule has 0 spiro atoms. The molecule has 1 aliphatic heterocycles. The van der Waals surface area contributed by atoms with Crippen LogP contribution in [0.15, 0.2) is 42.1 Å². The van der Waals surface area contributed by atoms with Crippen molar-refractivity contribution < 1.29 is 23.4 Å². The van der Waals surface area contributed by atoms with Gasteiger partial charge in [0.2, 0.25) is 0 Å². The maximum Gasteiger partial charge on any atom is 0.387 e. The van der Waals surface area contributed by atoms with Gasteiger partial charge in [-0.3, -0.25) is 0 Å². The van der Waals surface area contributed by atoms with Gasteiger partial charge in [-0.1, -0.05) is 24.1 Å². The standard InChI is InChI=1S/C23H27F2NO3/c1-4-12-23(27,15-26-16(2)6-5-7-17(26)3)19-10-11-20(29-22(24)25)21(13-19)28-14-18-8-9-18/h5-7,10-11,13,16,18,22,27H,8-9,14-15H2,1-3H3. The van der Waals surface area contributed by atoms with Gasteiger partial charge in [-0.05, 0) is 57.7 Å². The van der Waals surface area contributed by atoms with E-state index in [2.05, 4.69) is 21.5 Å². The summed E-state index contributed by atoms with van der Waals surface area (Å²) in [6, 6.07) is 4.63. The van der Waals surface area contributed by atoms with Gasteiger partial charge in [0, 0.05) is 17.3 Å². The zero-order chi connectivity index (χ0) is 21.0. The van der Waals surface area contributed by atoms with Crippen LogP contribution in [0.4, 0.5) is 8.78 Å². The van der Waals surface area contributed by atoms with Crippen molar-refractivity contribution in [1.82, 2.24) is 4.90 Å². The van der Waals surface area contributed by atoms with Crippen LogP contribution in [0.5, 0.6) is 11.5 Å². The molecule has 6 heteroatoms. The van der Waals surface area contributed by atoms with Gasteiger partial charge in [-0.15, -0.1) is 5.92 Å². The first-order valence-corrected chi connectivity index (χ1v) is 9.82. The number of halogens is 2. The molecule has 0 saturated heterocycles. The average molecular weight is 403 g/mol. The third-order valence-electron chi connectivity index (χ3n) is 5.21. The Hall–Kier alpha value is -2.52. The highest BCUT2D eigenvalue weighted by molar-refractivity contribution is 5.47. The van der Waals surface area contributed by atoms with Crippen molar-refractivity contribution in [3.05, 3.63) is 47.7 Å². The highest BCUT2D eigenvalue weighted by Crippen LogP contribution is 2.37. The summed E-state index contributed by atoms with van der Waals surface area (Å²) in [5, 5.41) is 11.4. The Morgan fingerprint density at radius 2 is 2.07 bits per heavy atom. The van der Waals surface area contributed by atoms with E-state index < -0.39 is 12.2 Å².